The molecular formula is C24H38N6O6S. The fourth-order valence-electron chi connectivity index (χ4n) is 4.53. The van der Waals surface area contributed by atoms with Crippen LogP contribution in [0.4, 0.5) is 0 Å². The summed E-state index contributed by atoms with van der Waals surface area (Å²) in [5, 5.41) is 17.9. The van der Waals surface area contributed by atoms with Gasteiger partial charge in [0.25, 0.3) is 5.97 Å². The number of nitrogens with two attached hydrogens (primary N) is 1. The topological polar surface area (TPSA) is 186 Å². The summed E-state index contributed by atoms with van der Waals surface area (Å²) < 4.78 is 26.3. The van der Waals surface area contributed by atoms with Gasteiger partial charge in [-0.3, -0.25) is 19.8 Å². The van der Waals surface area contributed by atoms with Gasteiger partial charge in [0.15, 0.2) is 5.96 Å². The quantitative estimate of drug-likeness (QED) is 0.225. The number of carboxylic acid groups (broad SMARTS) is 1. The van der Waals surface area contributed by atoms with Crippen LogP contribution in [0.1, 0.15) is 38.2 Å². The number of carboxylic acids is 1. The number of rotatable bonds is 8. The summed E-state index contributed by atoms with van der Waals surface area (Å²) in [6.45, 7) is 3.41. The zero-order valence-electron chi connectivity index (χ0n) is 21.4. The van der Waals surface area contributed by atoms with Crippen LogP contribution >= 0.6 is 0 Å². The molecule has 3 rings (SSSR count). The summed E-state index contributed by atoms with van der Waals surface area (Å²) in [5.41, 5.74) is 6.37. The van der Waals surface area contributed by atoms with Crippen molar-refractivity contribution in [3.63, 3.8) is 0 Å². The van der Waals surface area contributed by atoms with E-state index in [4.69, 9.17) is 21.0 Å². The van der Waals surface area contributed by atoms with E-state index < -0.39 is 28.1 Å². The largest absolute Gasteiger partial charge is 0.481 e. The molecule has 2 fully saturated rings. The summed E-state index contributed by atoms with van der Waals surface area (Å²) in [6.07, 6.45) is 4.17. The number of benzene rings is 1. The van der Waals surface area contributed by atoms with Crippen molar-refractivity contribution in [1.82, 2.24) is 19.8 Å². The van der Waals surface area contributed by atoms with Gasteiger partial charge in [0, 0.05) is 33.1 Å². The predicted molar refractivity (Wildman–Crippen MR) is 139 cm³/mol. The highest BCUT2D eigenvalue weighted by Gasteiger charge is 2.38. The second-order valence-electron chi connectivity index (χ2n) is 9.40. The highest BCUT2D eigenvalue weighted by Crippen LogP contribution is 2.21. The molecule has 0 saturated carbocycles. The summed E-state index contributed by atoms with van der Waals surface area (Å²) >= 11 is 0. The number of aliphatic carboxylic acids is 1. The highest BCUT2D eigenvalue weighted by molar-refractivity contribution is 7.88. The van der Waals surface area contributed by atoms with E-state index in [1.54, 1.807) is 0 Å². The Labute approximate surface area is 218 Å². The standard InChI is InChI=1S/C22H34N6O4S.C2H4O2/c1-33(31,32)26-18(14-16-6-3-2-4-7-16)21(30)28-11-5-8-19(28)20(29)25-15-17-9-12-27(13-10-17)22(23)24;1-2(3)4/h2-4,6-7,17-19,26H,5,8-15H2,1H3,(H3,23,24)(H,25,29);1H3,(H,3,4)/t18-,19+;/m1./s1. The molecule has 2 amide bonds. The Morgan fingerprint density at radius 2 is 1.73 bits per heavy atom. The van der Waals surface area contributed by atoms with Gasteiger partial charge in [-0.1, -0.05) is 30.3 Å². The lowest BCUT2D eigenvalue weighted by Gasteiger charge is -2.33. The third-order valence-corrected chi connectivity index (χ3v) is 7.01. The van der Waals surface area contributed by atoms with Crippen LogP contribution in [-0.2, 0) is 30.8 Å². The number of nitrogens with one attached hydrogen (secondary N) is 3. The maximum absolute atomic E-state index is 13.3. The normalized spacial score (nSPS) is 18.9. The van der Waals surface area contributed by atoms with Crippen molar-refractivity contribution in [2.45, 2.75) is 51.1 Å². The van der Waals surface area contributed by atoms with Crippen molar-refractivity contribution < 1.29 is 27.9 Å². The average molecular weight is 539 g/mol. The third-order valence-electron chi connectivity index (χ3n) is 6.30. The van der Waals surface area contributed by atoms with E-state index in [2.05, 4.69) is 10.0 Å². The van der Waals surface area contributed by atoms with Crippen LogP contribution in [0.2, 0.25) is 0 Å². The van der Waals surface area contributed by atoms with Gasteiger partial charge in [0.2, 0.25) is 21.8 Å². The molecule has 1 aromatic rings. The molecule has 13 heteroatoms. The Morgan fingerprint density at radius 1 is 1.14 bits per heavy atom. The molecular weight excluding hydrogens is 500 g/mol. The molecule has 2 heterocycles. The first kappa shape index (κ1) is 30.0. The second-order valence-corrected chi connectivity index (χ2v) is 11.2. The lowest BCUT2D eigenvalue weighted by Crippen LogP contribution is -2.54. The Kier molecular flexibility index (Phi) is 11.3. The number of nitrogens with zero attached hydrogens (tertiary/aromatic N) is 2. The van der Waals surface area contributed by atoms with Gasteiger partial charge in [-0.2, -0.15) is 0 Å². The molecule has 6 N–H and O–H groups in total. The van der Waals surface area contributed by atoms with Crippen LogP contribution in [0, 0.1) is 11.3 Å². The van der Waals surface area contributed by atoms with Crippen LogP contribution < -0.4 is 15.8 Å². The van der Waals surface area contributed by atoms with E-state index in [1.807, 2.05) is 35.2 Å². The first-order chi connectivity index (χ1) is 17.4. The van der Waals surface area contributed by atoms with Crippen LogP contribution in [0.5, 0.6) is 0 Å². The van der Waals surface area contributed by atoms with Crippen molar-refractivity contribution in [3.8, 4) is 0 Å². The minimum Gasteiger partial charge on any atom is -0.481 e. The Hall–Kier alpha value is -3.19. The maximum atomic E-state index is 13.3. The zero-order chi connectivity index (χ0) is 27.6. The number of hydrogen-bond donors (Lipinski definition) is 5. The lowest BCUT2D eigenvalue weighted by molar-refractivity contribution is -0.139. The second kappa shape index (κ2) is 13.9. The number of likely N-dealkylation sites (tertiary alicyclic amines) is 2. The number of piperidine rings is 1. The van der Waals surface area contributed by atoms with E-state index in [-0.39, 0.29) is 24.2 Å². The number of carbonyl (C=O) groups excluding carboxylic acids is 2. The lowest BCUT2D eigenvalue weighted by atomic mass is 9.97. The van der Waals surface area contributed by atoms with Crippen molar-refractivity contribution in [3.05, 3.63) is 35.9 Å². The number of sulfonamides is 1. The first-order valence-corrected chi connectivity index (χ1v) is 14.1. The molecule has 2 atom stereocenters. The van der Waals surface area contributed by atoms with E-state index in [0.29, 0.717) is 44.9 Å². The fraction of sp³-hybridized carbons (Fsp3) is 0.583. The van der Waals surface area contributed by atoms with Crippen LogP contribution in [0.3, 0.4) is 0 Å². The molecule has 12 nitrogen and oxygen atoms in total. The summed E-state index contributed by atoms with van der Waals surface area (Å²) in [6, 6.07) is 7.65. The number of amides is 2. The SMILES string of the molecule is CC(=O)O.CS(=O)(=O)N[C@H](Cc1ccccc1)C(=O)N1CCC[C@H]1C(=O)NCC1CCN(C(=N)N)CC1. The molecule has 2 saturated heterocycles. The summed E-state index contributed by atoms with van der Waals surface area (Å²) in [4.78, 5) is 38.6. The monoisotopic (exact) mass is 538 g/mol. The molecule has 0 aliphatic carbocycles. The molecule has 0 spiro atoms. The third kappa shape index (κ3) is 10.4. The van der Waals surface area contributed by atoms with Gasteiger partial charge in [-0.25, -0.2) is 13.1 Å². The first-order valence-electron chi connectivity index (χ1n) is 12.2. The fourth-order valence-corrected chi connectivity index (χ4v) is 5.23. The van der Waals surface area contributed by atoms with E-state index in [9.17, 15) is 18.0 Å². The van der Waals surface area contributed by atoms with Gasteiger partial charge in [0.1, 0.15) is 12.1 Å². The molecule has 1 aromatic carbocycles. The molecule has 206 valence electrons. The highest BCUT2D eigenvalue weighted by atomic mass is 32.2. The van der Waals surface area contributed by atoms with Crippen molar-refractivity contribution in [2.24, 2.45) is 11.7 Å². The van der Waals surface area contributed by atoms with Gasteiger partial charge in [0.05, 0.1) is 6.26 Å². The average Bonchev–Trinajstić information content (AvgIpc) is 3.31. The van der Waals surface area contributed by atoms with Crippen molar-refractivity contribution in [2.75, 3.05) is 32.4 Å². The Bertz CT molecular complexity index is 1040. The molecule has 0 bridgehead atoms. The van der Waals surface area contributed by atoms with Crippen molar-refractivity contribution in [1.29, 1.82) is 5.41 Å². The van der Waals surface area contributed by atoms with Crippen LogP contribution in [-0.4, -0.2) is 91.6 Å². The van der Waals surface area contributed by atoms with Gasteiger partial charge in [-0.05, 0) is 43.6 Å². The van der Waals surface area contributed by atoms with E-state index in [0.717, 1.165) is 31.6 Å². The molecule has 37 heavy (non-hydrogen) atoms. The smallest absolute Gasteiger partial charge is 0.300 e. The van der Waals surface area contributed by atoms with Gasteiger partial charge >= 0.3 is 0 Å². The molecule has 0 unspecified atom stereocenters. The van der Waals surface area contributed by atoms with Crippen molar-refractivity contribution >= 4 is 33.8 Å². The molecule has 0 radical (unpaired) electrons. The number of carbonyl (C=O) groups is 3. The minimum absolute atomic E-state index is 0.0744. The number of hydrogen-bond acceptors (Lipinski definition) is 6. The van der Waals surface area contributed by atoms with Gasteiger partial charge < -0.3 is 26.0 Å². The minimum atomic E-state index is -3.62. The van der Waals surface area contributed by atoms with E-state index >= 15 is 0 Å². The molecule has 2 aliphatic heterocycles. The molecule has 0 aromatic heterocycles. The van der Waals surface area contributed by atoms with Crippen LogP contribution in [0.15, 0.2) is 30.3 Å². The van der Waals surface area contributed by atoms with E-state index in [1.165, 1.54) is 4.90 Å². The molecule has 2 aliphatic rings. The Balaban J connectivity index is 0.00000112. The van der Waals surface area contributed by atoms with Crippen LogP contribution in [0.25, 0.3) is 0 Å². The zero-order valence-corrected chi connectivity index (χ0v) is 22.2. The Morgan fingerprint density at radius 3 is 2.27 bits per heavy atom. The summed E-state index contributed by atoms with van der Waals surface area (Å²) in [7, 11) is -3.62. The number of guanidine groups is 1. The summed E-state index contributed by atoms with van der Waals surface area (Å²) in [5.74, 6) is -1.04. The maximum Gasteiger partial charge on any atom is 0.300 e. The van der Waals surface area contributed by atoms with Gasteiger partial charge in [-0.15, -0.1) is 0 Å². The predicted octanol–water partition coefficient (Wildman–Crippen LogP) is -0.0495.